The molecule has 0 atom stereocenters. The highest BCUT2D eigenvalue weighted by Crippen LogP contribution is 2.32. The lowest BCUT2D eigenvalue weighted by molar-refractivity contribution is -0.119. The van der Waals surface area contributed by atoms with Crippen LogP contribution in [-0.2, 0) is 4.79 Å². The van der Waals surface area contributed by atoms with Gasteiger partial charge in [0.25, 0.3) is 0 Å². The van der Waals surface area contributed by atoms with Crippen LogP contribution in [0.5, 0.6) is 0 Å². The Morgan fingerprint density at radius 2 is 1.92 bits per heavy atom. The zero-order valence-electron chi connectivity index (χ0n) is 13.5. The molecule has 6 heteroatoms. The number of nitrogens with one attached hydrogen (secondary N) is 1. The van der Waals surface area contributed by atoms with Crippen molar-refractivity contribution >= 4 is 17.4 Å². The Hall–Kier alpha value is -2.76. The zero-order chi connectivity index (χ0) is 17.4. The van der Waals surface area contributed by atoms with Gasteiger partial charge >= 0.3 is 0 Å². The normalized spacial score (nSPS) is 15.0. The molecule has 1 saturated carbocycles. The highest BCUT2D eigenvalue weighted by molar-refractivity contribution is 5.96. The molecule has 1 aliphatic rings. The largest absolute Gasteiger partial charge is 0.310 e. The van der Waals surface area contributed by atoms with Gasteiger partial charge in [-0.25, -0.2) is 13.8 Å². The predicted octanol–water partition coefficient (Wildman–Crippen LogP) is 4.41. The molecule has 25 heavy (non-hydrogen) atoms. The first kappa shape index (κ1) is 15.7. The van der Waals surface area contributed by atoms with Crippen LogP contribution < -0.4 is 5.32 Å². The Balaban J connectivity index is 1.80. The van der Waals surface area contributed by atoms with Gasteiger partial charge in [-0.2, -0.15) is 0 Å². The number of fused-ring (bicyclic) bond motifs is 1. The van der Waals surface area contributed by atoms with Gasteiger partial charge in [-0.15, -0.1) is 0 Å². The van der Waals surface area contributed by atoms with E-state index < -0.39 is 11.6 Å². The molecule has 2 heterocycles. The van der Waals surface area contributed by atoms with E-state index in [1.54, 1.807) is 16.7 Å². The number of imidazole rings is 1. The van der Waals surface area contributed by atoms with Crippen molar-refractivity contribution < 1.29 is 13.6 Å². The SMILES string of the molecule is O=C(Nc1c(-c2ccc(F)c(F)c2)nc2ccccn12)C1CCCC1. The molecule has 1 aliphatic carbocycles. The van der Waals surface area contributed by atoms with E-state index in [1.165, 1.54) is 6.07 Å². The molecule has 1 aromatic carbocycles. The number of anilines is 1. The van der Waals surface area contributed by atoms with Crippen molar-refractivity contribution in [3.05, 3.63) is 54.2 Å². The molecule has 1 N–H and O–H groups in total. The number of aromatic nitrogens is 2. The molecular formula is C19H17F2N3O. The summed E-state index contributed by atoms with van der Waals surface area (Å²) in [4.78, 5) is 17.1. The van der Waals surface area contributed by atoms with Gasteiger partial charge in [0, 0.05) is 17.7 Å². The second-order valence-corrected chi connectivity index (χ2v) is 6.34. The summed E-state index contributed by atoms with van der Waals surface area (Å²) in [5, 5.41) is 2.95. The topological polar surface area (TPSA) is 46.4 Å². The Kier molecular flexibility index (Phi) is 3.95. The van der Waals surface area contributed by atoms with Crippen molar-refractivity contribution in [1.82, 2.24) is 9.38 Å². The van der Waals surface area contributed by atoms with Crippen LogP contribution in [0.15, 0.2) is 42.6 Å². The van der Waals surface area contributed by atoms with Gasteiger partial charge in [-0.05, 0) is 43.2 Å². The smallest absolute Gasteiger partial charge is 0.228 e. The van der Waals surface area contributed by atoms with Crippen LogP contribution >= 0.6 is 0 Å². The van der Waals surface area contributed by atoms with E-state index in [-0.39, 0.29) is 11.8 Å². The number of carbonyl (C=O) groups is 1. The van der Waals surface area contributed by atoms with Crippen LogP contribution in [0.25, 0.3) is 16.9 Å². The van der Waals surface area contributed by atoms with E-state index in [0.717, 1.165) is 37.8 Å². The van der Waals surface area contributed by atoms with Crippen molar-refractivity contribution in [2.24, 2.45) is 5.92 Å². The zero-order valence-corrected chi connectivity index (χ0v) is 13.5. The lowest BCUT2D eigenvalue weighted by Gasteiger charge is -2.12. The number of hydrogen-bond donors (Lipinski definition) is 1. The first-order chi connectivity index (χ1) is 12.1. The molecule has 0 spiro atoms. The summed E-state index contributed by atoms with van der Waals surface area (Å²) in [7, 11) is 0. The summed E-state index contributed by atoms with van der Waals surface area (Å²) >= 11 is 0. The molecule has 4 rings (SSSR count). The maximum atomic E-state index is 13.7. The molecule has 2 aromatic heterocycles. The van der Waals surface area contributed by atoms with Gasteiger partial charge in [0.1, 0.15) is 17.2 Å². The molecule has 128 valence electrons. The van der Waals surface area contributed by atoms with Gasteiger partial charge in [0.15, 0.2) is 11.6 Å². The maximum Gasteiger partial charge on any atom is 0.228 e. The summed E-state index contributed by atoms with van der Waals surface area (Å²) in [5.74, 6) is -1.43. The number of rotatable bonds is 3. The number of hydrogen-bond acceptors (Lipinski definition) is 2. The number of carbonyl (C=O) groups excluding carboxylic acids is 1. The van der Waals surface area contributed by atoms with Crippen molar-refractivity contribution in [3.63, 3.8) is 0 Å². The van der Waals surface area contributed by atoms with Crippen molar-refractivity contribution in [1.29, 1.82) is 0 Å². The summed E-state index contributed by atoms with van der Waals surface area (Å²) < 4.78 is 28.7. The molecule has 0 bridgehead atoms. The van der Waals surface area contributed by atoms with Crippen LogP contribution in [0.4, 0.5) is 14.6 Å². The first-order valence-corrected chi connectivity index (χ1v) is 8.37. The third-order valence-corrected chi connectivity index (χ3v) is 4.69. The number of nitrogens with zero attached hydrogens (tertiary/aromatic N) is 2. The van der Waals surface area contributed by atoms with E-state index in [9.17, 15) is 13.6 Å². The van der Waals surface area contributed by atoms with E-state index in [2.05, 4.69) is 10.3 Å². The van der Waals surface area contributed by atoms with Crippen LogP contribution in [0, 0.1) is 17.6 Å². The summed E-state index contributed by atoms with van der Waals surface area (Å²) in [6.45, 7) is 0. The Morgan fingerprint density at radius 3 is 2.68 bits per heavy atom. The molecular weight excluding hydrogens is 324 g/mol. The van der Waals surface area contributed by atoms with Gasteiger partial charge < -0.3 is 5.32 Å². The maximum absolute atomic E-state index is 13.7. The quantitative estimate of drug-likeness (QED) is 0.767. The molecule has 0 unspecified atom stereocenters. The number of pyridine rings is 1. The minimum Gasteiger partial charge on any atom is -0.310 e. The lowest BCUT2D eigenvalue weighted by atomic mass is 10.1. The van der Waals surface area contributed by atoms with Gasteiger partial charge in [0.2, 0.25) is 5.91 Å². The van der Waals surface area contributed by atoms with Gasteiger partial charge in [-0.3, -0.25) is 9.20 Å². The molecule has 1 amide bonds. The third-order valence-electron chi connectivity index (χ3n) is 4.69. The van der Waals surface area contributed by atoms with Crippen LogP contribution in [0.1, 0.15) is 25.7 Å². The molecule has 3 aromatic rings. The van der Waals surface area contributed by atoms with Crippen molar-refractivity contribution in [2.75, 3.05) is 5.32 Å². The fourth-order valence-electron chi connectivity index (χ4n) is 3.37. The summed E-state index contributed by atoms with van der Waals surface area (Å²) in [5.41, 5.74) is 1.48. The van der Waals surface area contributed by atoms with Crippen molar-refractivity contribution in [3.8, 4) is 11.3 Å². The number of benzene rings is 1. The minimum absolute atomic E-state index is 0.00735. The minimum atomic E-state index is -0.942. The second-order valence-electron chi connectivity index (χ2n) is 6.34. The highest BCUT2D eigenvalue weighted by atomic mass is 19.2. The Morgan fingerprint density at radius 1 is 1.12 bits per heavy atom. The molecule has 0 radical (unpaired) electrons. The van der Waals surface area contributed by atoms with E-state index in [4.69, 9.17) is 0 Å². The predicted molar refractivity (Wildman–Crippen MR) is 91.1 cm³/mol. The monoisotopic (exact) mass is 341 g/mol. The number of halogens is 2. The highest BCUT2D eigenvalue weighted by Gasteiger charge is 2.25. The van der Waals surface area contributed by atoms with Crippen molar-refractivity contribution in [2.45, 2.75) is 25.7 Å². The van der Waals surface area contributed by atoms with E-state index in [1.807, 2.05) is 12.1 Å². The van der Waals surface area contributed by atoms with E-state index >= 15 is 0 Å². The molecule has 1 fully saturated rings. The Bertz CT molecular complexity index is 945. The fourth-order valence-corrected chi connectivity index (χ4v) is 3.37. The molecule has 0 aliphatic heterocycles. The standard InChI is InChI=1S/C19H17F2N3O/c20-14-9-8-13(11-15(14)21)17-18(23-19(25)12-5-1-2-6-12)24-10-4-3-7-16(24)22-17/h3-4,7-12H,1-2,5-6H2,(H,23,25). The van der Waals surface area contributed by atoms with Gasteiger partial charge in [0.05, 0.1) is 0 Å². The average Bonchev–Trinajstić information content (AvgIpc) is 3.26. The van der Waals surface area contributed by atoms with Gasteiger partial charge in [-0.1, -0.05) is 18.9 Å². The first-order valence-electron chi connectivity index (χ1n) is 8.37. The van der Waals surface area contributed by atoms with E-state index in [0.29, 0.717) is 22.7 Å². The lowest BCUT2D eigenvalue weighted by Crippen LogP contribution is -2.21. The summed E-state index contributed by atoms with van der Waals surface area (Å²) in [6, 6.07) is 9.09. The third kappa shape index (κ3) is 2.88. The molecule has 4 nitrogen and oxygen atoms in total. The van der Waals surface area contributed by atoms with Crippen LogP contribution in [-0.4, -0.2) is 15.3 Å². The van der Waals surface area contributed by atoms with Crippen LogP contribution in [0.3, 0.4) is 0 Å². The Labute approximate surface area is 143 Å². The summed E-state index contributed by atoms with van der Waals surface area (Å²) in [6.07, 6.45) is 5.66. The molecule has 0 saturated heterocycles. The van der Waals surface area contributed by atoms with Crippen LogP contribution in [0.2, 0.25) is 0 Å². The second kappa shape index (κ2) is 6.27. The average molecular weight is 341 g/mol. The fraction of sp³-hybridized carbons (Fsp3) is 0.263. The number of amides is 1.